The number of aryl methyl sites for hydroxylation is 1. The smallest absolute Gasteiger partial charge is 0.345 e. The van der Waals surface area contributed by atoms with Gasteiger partial charge in [0.25, 0.3) is 11.8 Å². The first-order valence-electron chi connectivity index (χ1n) is 6.86. The van der Waals surface area contributed by atoms with Crippen LogP contribution in [0.25, 0.3) is 0 Å². The van der Waals surface area contributed by atoms with Crippen LogP contribution in [-0.2, 0) is 14.3 Å². The van der Waals surface area contributed by atoms with Gasteiger partial charge in [0.05, 0.1) is 10.7 Å². The lowest BCUT2D eigenvalue weighted by Gasteiger charge is -2.14. The molecule has 1 atom stereocenters. The van der Waals surface area contributed by atoms with Crippen molar-refractivity contribution in [2.45, 2.75) is 20.0 Å². The number of carbonyl (C=O) groups is 2. The molecule has 0 spiro atoms. The van der Waals surface area contributed by atoms with Crippen LogP contribution in [0.1, 0.15) is 12.7 Å². The summed E-state index contributed by atoms with van der Waals surface area (Å²) < 4.78 is 14.8. The van der Waals surface area contributed by atoms with Gasteiger partial charge in [-0.1, -0.05) is 23.2 Å². The number of ether oxygens (including phenoxy) is 2. The first-order chi connectivity index (χ1) is 11.3. The van der Waals surface area contributed by atoms with E-state index in [1.807, 2.05) is 0 Å². The highest BCUT2D eigenvalue weighted by Crippen LogP contribution is 2.25. The zero-order chi connectivity index (χ0) is 17.7. The van der Waals surface area contributed by atoms with Crippen molar-refractivity contribution >= 4 is 40.8 Å². The third-order valence-electron chi connectivity index (χ3n) is 2.81. The number of aromatic nitrogens is 1. The molecule has 0 radical (unpaired) electrons. The molecule has 9 heteroatoms. The SMILES string of the molecule is Cc1cc(OCC(=O)O[C@@H](C)C(=O)Nc2cc(Cl)ccc2Cl)no1. The van der Waals surface area contributed by atoms with Crippen LogP contribution in [-0.4, -0.2) is 29.7 Å². The van der Waals surface area contributed by atoms with Crippen LogP contribution >= 0.6 is 23.2 Å². The van der Waals surface area contributed by atoms with Crippen molar-refractivity contribution in [1.82, 2.24) is 5.16 Å². The molecular formula is C15H14Cl2N2O5. The number of hydrogen-bond donors (Lipinski definition) is 1. The number of rotatable bonds is 6. The van der Waals surface area contributed by atoms with Crippen LogP contribution in [0.5, 0.6) is 5.88 Å². The maximum absolute atomic E-state index is 12.0. The van der Waals surface area contributed by atoms with Crippen molar-refractivity contribution in [3.63, 3.8) is 0 Å². The van der Waals surface area contributed by atoms with Gasteiger partial charge in [-0.05, 0) is 37.2 Å². The summed E-state index contributed by atoms with van der Waals surface area (Å²) in [5, 5.41) is 6.83. The number of nitrogens with one attached hydrogen (secondary N) is 1. The van der Waals surface area contributed by atoms with E-state index >= 15 is 0 Å². The number of halogens is 2. The van der Waals surface area contributed by atoms with E-state index < -0.39 is 24.6 Å². The number of carbonyl (C=O) groups excluding carboxylic acids is 2. The Kier molecular flexibility index (Phi) is 6.05. The van der Waals surface area contributed by atoms with Crippen LogP contribution in [0.4, 0.5) is 5.69 Å². The Morgan fingerprint density at radius 3 is 2.75 bits per heavy atom. The Morgan fingerprint density at radius 1 is 1.33 bits per heavy atom. The normalized spacial score (nSPS) is 11.7. The summed E-state index contributed by atoms with van der Waals surface area (Å²) in [6.07, 6.45) is -1.05. The van der Waals surface area contributed by atoms with Crippen molar-refractivity contribution in [3.05, 3.63) is 40.1 Å². The van der Waals surface area contributed by atoms with Gasteiger partial charge >= 0.3 is 5.97 Å². The Morgan fingerprint density at radius 2 is 2.08 bits per heavy atom. The Labute approximate surface area is 147 Å². The predicted molar refractivity (Wildman–Crippen MR) is 87.4 cm³/mol. The predicted octanol–water partition coefficient (Wildman–Crippen LogP) is 3.24. The van der Waals surface area contributed by atoms with Crippen molar-refractivity contribution in [3.8, 4) is 5.88 Å². The second-order valence-corrected chi connectivity index (χ2v) is 5.65. The zero-order valence-corrected chi connectivity index (χ0v) is 14.4. The van der Waals surface area contributed by atoms with Gasteiger partial charge in [0.1, 0.15) is 5.76 Å². The second-order valence-electron chi connectivity index (χ2n) is 4.81. The van der Waals surface area contributed by atoms with E-state index in [-0.39, 0.29) is 5.88 Å². The largest absolute Gasteiger partial charge is 0.463 e. The fourth-order valence-corrected chi connectivity index (χ4v) is 1.99. The van der Waals surface area contributed by atoms with Crippen molar-refractivity contribution in [2.24, 2.45) is 0 Å². The fourth-order valence-electron chi connectivity index (χ4n) is 1.66. The van der Waals surface area contributed by atoms with Gasteiger partial charge < -0.3 is 19.3 Å². The molecule has 128 valence electrons. The highest BCUT2D eigenvalue weighted by atomic mass is 35.5. The number of hydrogen-bond acceptors (Lipinski definition) is 6. The fraction of sp³-hybridized carbons (Fsp3) is 0.267. The Hall–Kier alpha value is -2.25. The second kappa shape index (κ2) is 8.03. The summed E-state index contributed by atoms with van der Waals surface area (Å²) in [4.78, 5) is 23.7. The molecule has 2 aromatic rings. The summed E-state index contributed by atoms with van der Waals surface area (Å²) in [6.45, 7) is 2.71. The molecule has 1 heterocycles. The van der Waals surface area contributed by atoms with Gasteiger partial charge in [-0.15, -0.1) is 0 Å². The van der Waals surface area contributed by atoms with Crippen molar-refractivity contribution < 1.29 is 23.6 Å². The summed E-state index contributed by atoms with van der Waals surface area (Å²) >= 11 is 11.8. The van der Waals surface area contributed by atoms with E-state index in [4.69, 9.17) is 37.2 Å². The molecule has 0 saturated heterocycles. The quantitative estimate of drug-likeness (QED) is 0.782. The summed E-state index contributed by atoms with van der Waals surface area (Å²) in [5.41, 5.74) is 0.325. The van der Waals surface area contributed by atoms with Crippen LogP contribution in [0, 0.1) is 6.92 Å². The van der Waals surface area contributed by atoms with E-state index in [1.165, 1.54) is 19.1 Å². The molecule has 1 amide bonds. The number of benzene rings is 1. The topological polar surface area (TPSA) is 90.7 Å². The molecule has 0 saturated carbocycles. The van der Waals surface area contributed by atoms with E-state index in [0.717, 1.165) is 0 Å². The standard InChI is InChI=1S/C15H14Cl2N2O5/c1-8-5-13(19-24-8)22-7-14(20)23-9(2)15(21)18-12-6-10(16)3-4-11(12)17/h3-6,9H,7H2,1-2H3,(H,18,21)/t9-/m0/s1. The summed E-state index contributed by atoms with van der Waals surface area (Å²) in [6, 6.07) is 6.15. The molecule has 1 aromatic heterocycles. The Bertz CT molecular complexity index is 747. The average molecular weight is 373 g/mol. The molecule has 1 N–H and O–H groups in total. The molecule has 0 aliphatic rings. The molecule has 24 heavy (non-hydrogen) atoms. The van der Waals surface area contributed by atoms with E-state index in [9.17, 15) is 9.59 Å². The molecular weight excluding hydrogens is 359 g/mol. The minimum Gasteiger partial charge on any atom is -0.463 e. The van der Waals surface area contributed by atoms with Gasteiger partial charge in [-0.2, -0.15) is 0 Å². The van der Waals surface area contributed by atoms with Crippen LogP contribution < -0.4 is 10.1 Å². The highest BCUT2D eigenvalue weighted by molar-refractivity contribution is 6.35. The zero-order valence-electron chi connectivity index (χ0n) is 12.8. The van der Waals surface area contributed by atoms with Crippen molar-refractivity contribution in [1.29, 1.82) is 0 Å². The maximum Gasteiger partial charge on any atom is 0.345 e. The van der Waals surface area contributed by atoms with Gasteiger partial charge in [-0.3, -0.25) is 4.79 Å². The lowest BCUT2D eigenvalue weighted by atomic mass is 10.3. The molecule has 0 aliphatic heterocycles. The van der Waals surface area contributed by atoms with E-state index in [0.29, 0.717) is 21.5 Å². The number of esters is 1. The monoisotopic (exact) mass is 372 g/mol. The summed E-state index contributed by atoms with van der Waals surface area (Å²) in [7, 11) is 0. The first kappa shape index (κ1) is 18.1. The number of nitrogens with zero attached hydrogens (tertiary/aromatic N) is 1. The average Bonchev–Trinajstić information content (AvgIpc) is 2.94. The molecule has 0 bridgehead atoms. The third kappa shape index (κ3) is 5.14. The van der Waals surface area contributed by atoms with E-state index in [1.54, 1.807) is 19.1 Å². The maximum atomic E-state index is 12.0. The van der Waals surface area contributed by atoms with E-state index in [2.05, 4.69) is 10.5 Å². The minimum absolute atomic E-state index is 0.160. The van der Waals surface area contributed by atoms with Gasteiger partial charge in [-0.25, -0.2) is 4.79 Å². The van der Waals surface area contributed by atoms with Gasteiger partial charge in [0.15, 0.2) is 12.7 Å². The number of anilines is 1. The third-order valence-corrected chi connectivity index (χ3v) is 3.37. The van der Waals surface area contributed by atoms with Crippen LogP contribution in [0.2, 0.25) is 10.0 Å². The molecule has 7 nitrogen and oxygen atoms in total. The van der Waals surface area contributed by atoms with Crippen LogP contribution in [0.15, 0.2) is 28.8 Å². The molecule has 0 fully saturated rings. The molecule has 0 unspecified atom stereocenters. The van der Waals surface area contributed by atoms with Gasteiger partial charge in [0, 0.05) is 11.1 Å². The lowest BCUT2D eigenvalue weighted by molar-refractivity contribution is -0.155. The first-order valence-corrected chi connectivity index (χ1v) is 7.62. The van der Waals surface area contributed by atoms with Crippen LogP contribution in [0.3, 0.4) is 0 Å². The molecule has 0 aliphatic carbocycles. The van der Waals surface area contributed by atoms with Gasteiger partial charge in [0.2, 0.25) is 0 Å². The Balaban J connectivity index is 1.84. The minimum atomic E-state index is -1.05. The molecule has 2 rings (SSSR count). The van der Waals surface area contributed by atoms with Crippen molar-refractivity contribution in [2.75, 3.05) is 11.9 Å². The summed E-state index contributed by atoms with van der Waals surface area (Å²) in [5.74, 6) is -0.572. The molecule has 1 aromatic carbocycles. The lowest BCUT2D eigenvalue weighted by Crippen LogP contribution is -2.31. The number of amides is 1. The highest BCUT2D eigenvalue weighted by Gasteiger charge is 2.19.